The van der Waals surface area contributed by atoms with Gasteiger partial charge in [-0.15, -0.1) is 0 Å². The lowest BCUT2D eigenvalue weighted by atomic mass is 9.89. The Hall–Kier alpha value is -1.01. The van der Waals surface area contributed by atoms with Crippen LogP contribution in [-0.2, 0) is 14.3 Å². The smallest absolute Gasteiger partial charge is 0.384 e. The van der Waals surface area contributed by atoms with Gasteiger partial charge in [-0.1, -0.05) is 5.92 Å². The second-order valence-corrected chi connectivity index (χ2v) is 4.29. The van der Waals surface area contributed by atoms with E-state index in [1.807, 2.05) is 13.8 Å². The van der Waals surface area contributed by atoms with Gasteiger partial charge >= 0.3 is 5.97 Å². The van der Waals surface area contributed by atoms with Crippen molar-refractivity contribution >= 4 is 5.97 Å². The van der Waals surface area contributed by atoms with Gasteiger partial charge in [0, 0.05) is 18.4 Å². The molecule has 0 N–H and O–H groups in total. The van der Waals surface area contributed by atoms with Crippen molar-refractivity contribution in [1.82, 2.24) is 0 Å². The summed E-state index contributed by atoms with van der Waals surface area (Å²) in [6.07, 6.45) is 1.77. The monoisotopic (exact) mass is 210 g/mol. The maximum atomic E-state index is 11.0. The standard InChI is InChI=1S/C12H18O3/c1-4-14-11(13)6-5-10-7-8-15-12(2,3)9-10/h10H,4,7-9H2,1-3H3. The largest absolute Gasteiger partial charge is 0.456 e. The molecule has 0 saturated carbocycles. The summed E-state index contributed by atoms with van der Waals surface area (Å²) in [7, 11) is 0. The normalized spacial score (nSPS) is 23.8. The van der Waals surface area contributed by atoms with E-state index in [2.05, 4.69) is 11.8 Å². The van der Waals surface area contributed by atoms with Crippen molar-refractivity contribution in [2.24, 2.45) is 5.92 Å². The predicted molar refractivity (Wildman–Crippen MR) is 57.2 cm³/mol. The molecule has 0 aromatic rings. The lowest BCUT2D eigenvalue weighted by molar-refractivity contribution is -0.136. The molecular weight excluding hydrogens is 192 g/mol. The van der Waals surface area contributed by atoms with Gasteiger partial charge in [-0.05, 0) is 33.6 Å². The highest BCUT2D eigenvalue weighted by molar-refractivity contribution is 5.88. The van der Waals surface area contributed by atoms with E-state index in [0.717, 1.165) is 19.4 Å². The molecule has 0 aromatic carbocycles. The van der Waals surface area contributed by atoms with Gasteiger partial charge in [0.15, 0.2) is 0 Å². The summed E-state index contributed by atoms with van der Waals surface area (Å²) in [6.45, 7) is 6.97. The third kappa shape index (κ3) is 4.35. The highest BCUT2D eigenvalue weighted by atomic mass is 16.5. The Balaban J connectivity index is 2.47. The Labute approximate surface area is 91.1 Å². The second-order valence-electron chi connectivity index (χ2n) is 4.29. The maximum Gasteiger partial charge on any atom is 0.384 e. The number of ether oxygens (including phenoxy) is 2. The predicted octanol–water partition coefficient (Wildman–Crippen LogP) is 1.76. The molecule has 0 bridgehead atoms. The molecule has 0 radical (unpaired) electrons. The molecule has 0 spiro atoms. The van der Waals surface area contributed by atoms with E-state index in [1.54, 1.807) is 6.92 Å². The summed E-state index contributed by atoms with van der Waals surface area (Å²) in [6, 6.07) is 0. The molecule has 1 aliphatic heterocycles. The molecule has 3 nitrogen and oxygen atoms in total. The van der Waals surface area contributed by atoms with Crippen LogP contribution in [-0.4, -0.2) is 24.8 Å². The van der Waals surface area contributed by atoms with Crippen LogP contribution in [0.5, 0.6) is 0 Å². The molecule has 0 aromatic heterocycles. The van der Waals surface area contributed by atoms with Crippen LogP contribution in [0.15, 0.2) is 0 Å². The minimum Gasteiger partial charge on any atom is -0.456 e. The summed E-state index contributed by atoms with van der Waals surface area (Å²) >= 11 is 0. The lowest BCUT2D eigenvalue weighted by Gasteiger charge is -2.33. The molecule has 1 fully saturated rings. The van der Waals surface area contributed by atoms with E-state index >= 15 is 0 Å². The van der Waals surface area contributed by atoms with Gasteiger partial charge in [-0.3, -0.25) is 0 Å². The summed E-state index contributed by atoms with van der Waals surface area (Å²) in [5.74, 6) is 5.30. The first-order valence-electron chi connectivity index (χ1n) is 5.36. The molecule has 3 heteroatoms. The number of hydrogen-bond acceptors (Lipinski definition) is 3. The van der Waals surface area contributed by atoms with Gasteiger partial charge < -0.3 is 9.47 Å². The zero-order chi connectivity index (χ0) is 11.3. The Kier molecular flexibility index (Phi) is 4.16. The first kappa shape index (κ1) is 12.1. The van der Waals surface area contributed by atoms with Crippen molar-refractivity contribution in [2.45, 2.75) is 39.2 Å². The topological polar surface area (TPSA) is 35.5 Å². The molecule has 1 rings (SSSR count). The van der Waals surface area contributed by atoms with Crippen LogP contribution in [0.1, 0.15) is 33.6 Å². The van der Waals surface area contributed by atoms with Gasteiger partial charge in [-0.2, -0.15) is 0 Å². The van der Waals surface area contributed by atoms with E-state index in [1.165, 1.54) is 0 Å². The van der Waals surface area contributed by atoms with E-state index in [0.29, 0.717) is 6.61 Å². The van der Waals surface area contributed by atoms with Crippen LogP contribution < -0.4 is 0 Å². The molecule has 1 saturated heterocycles. The molecule has 0 amide bonds. The molecule has 84 valence electrons. The SMILES string of the molecule is CCOC(=O)C#CC1CCOC(C)(C)C1. The molecule has 1 heterocycles. The molecule has 1 atom stereocenters. The Morgan fingerprint density at radius 3 is 2.93 bits per heavy atom. The zero-order valence-corrected chi connectivity index (χ0v) is 9.63. The number of carbonyl (C=O) groups excluding carboxylic acids is 1. The Morgan fingerprint density at radius 2 is 2.33 bits per heavy atom. The fourth-order valence-corrected chi connectivity index (χ4v) is 1.68. The highest BCUT2D eigenvalue weighted by Crippen LogP contribution is 2.27. The van der Waals surface area contributed by atoms with Crippen LogP contribution >= 0.6 is 0 Å². The number of hydrogen-bond donors (Lipinski definition) is 0. The Morgan fingerprint density at radius 1 is 1.60 bits per heavy atom. The molecular formula is C12H18O3. The van der Waals surface area contributed by atoms with Crippen molar-refractivity contribution in [3.05, 3.63) is 0 Å². The van der Waals surface area contributed by atoms with E-state index in [9.17, 15) is 4.79 Å². The fourth-order valence-electron chi connectivity index (χ4n) is 1.68. The minimum absolute atomic E-state index is 0.119. The Bertz CT molecular complexity index is 283. The lowest BCUT2D eigenvalue weighted by Crippen LogP contribution is -2.33. The van der Waals surface area contributed by atoms with Crippen molar-refractivity contribution in [3.63, 3.8) is 0 Å². The van der Waals surface area contributed by atoms with Gasteiger partial charge in [-0.25, -0.2) is 4.79 Å². The average molecular weight is 210 g/mol. The summed E-state index contributed by atoms with van der Waals surface area (Å²) in [5.41, 5.74) is -0.119. The van der Waals surface area contributed by atoms with Crippen molar-refractivity contribution < 1.29 is 14.3 Å². The number of esters is 1. The third-order valence-corrected chi connectivity index (χ3v) is 2.35. The second kappa shape index (κ2) is 5.18. The molecule has 15 heavy (non-hydrogen) atoms. The first-order valence-corrected chi connectivity index (χ1v) is 5.36. The van der Waals surface area contributed by atoms with Crippen LogP contribution in [0, 0.1) is 17.8 Å². The number of carbonyl (C=O) groups is 1. The van der Waals surface area contributed by atoms with Crippen molar-refractivity contribution in [2.75, 3.05) is 13.2 Å². The third-order valence-electron chi connectivity index (χ3n) is 2.35. The summed E-state index contributed by atoms with van der Waals surface area (Å²) < 4.78 is 10.3. The summed E-state index contributed by atoms with van der Waals surface area (Å²) in [4.78, 5) is 11.0. The van der Waals surface area contributed by atoms with Crippen molar-refractivity contribution in [1.29, 1.82) is 0 Å². The summed E-state index contributed by atoms with van der Waals surface area (Å²) in [5, 5.41) is 0. The highest BCUT2D eigenvalue weighted by Gasteiger charge is 2.27. The maximum absolute atomic E-state index is 11.0. The van der Waals surface area contributed by atoms with Crippen LogP contribution in [0.25, 0.3) is 0 Å². The zero-order valence-electron chi connectivity index (χ0n) is 9.63. The average Bonchev–Trinajstić information content (AvgIpc) is 2.14. The molecule has 0 aliphatic carbocycles. The van der Waals surface area contributed by atoms with Gasteiger partial charge in [0.25, 0.3) is 0 Å². The van der Waals surface area contributed by atoms with Gasteiger partial charge in [0.1, 0.15) is 0 Å². The fraction of sp³-hybridized carbons (Fsp3) is 0.750. The van der Waals surface area contributed by atoms with Gasteiger partial charge in [0.05, 0.1) is 12.2 Å². The van der Waals surface area contributed by atoms with Crippen LogP contribution in [0.3, 0.4) is 0 Å². The van der Waals surface area contributed by atoms with Crippen molar-refractivity contribution in [3.8, 4) is 11.8 Å². The van der Waals surface area contributed by atoms with E-state index < -0.39 is 5.97 Å². The van der Waals surface area contributed by atoms with E-state index in [-0.39, 0.29) is 11.5 Å². The van der Waals surface area contributed by atoms with E-state index in [4.69, 9.17) is 9.47 Å². The van der Waals surface area contributed by atoms with Gasteiger partial charge in [0.2, 0.25) is 0 Å². The first-order chi connectivity index (χ1) is 7.03. The quantitative estimate of drug-likeness (QED) is 0.376. The molecule has 1 aliphatic rings. The van der Waals surface area contributed by atoms with Crippen LogP contribution in [0.4, 0.5) is 0 Å². The number of rotatable bonds is 1. The van der Waals surface area contributed by atoms with Crippen LogP contribution in [0.2, 0.25) is 0 Å². The molecule has 1 unspecified atom stereocenters. The minimum atomic E-state index is -0.429.